The van der Waals surface area contributed by atoms with Crippen molar-refractivity contribution in [2.24, 2.45) is 5.92 Å². The van der Waals surface area contributed by atoms with E-state index < -0.39 is 24.1 Å². The Morgan fingerprint density at radius 2 is 2.17 bits per heavy atom. The van der Waals surface area contributed by atoms with Crippen LogP contribution in [0.1, 0.15) is 38.3 Å². The zero-order valence-electron chi connectivity index (χ0n) is 16.5. The third-order valence-electron chi connectivity index (χ3n) is 5.83. The maximum absolute atomic E-state index is 12.9. The highest BCUT2D eigenvalue weighted by Gasteiger charge is 2.55. The minimum atomic E-state index is -0.881. The Morgan fingerprint density at radius 1 is 1.37 bits per heavy atom. The van der Waals surface area contributed by atoms with E-state index in [0.717, 1.165) is 34.7 Å². The van der Waals surface area contributed by atoms with E-state index in [4.69, 9.17) is 16.3 Å². The fraction of sp³-hybridized carbons (Fsp3) is 0.429. The lowest BCUT2D eigenvalue weighted by molar-refractivity contribution is -0.149. The molecule has 9 heteroatoms. The summed E-state index contributed by atoms with van der Waals surface area (Å²) in [6.45, 7) is 1.53. The first-order valence-corrected chi connectivity index (χ1v) is 11.2. The molecule has 0 bridgehead atoms. The second kappa shape index (κ2) is 8.35. The zero-order valence-corrected chi connectivity index (χ0v) is 18.1. The van der Waals surface area contributed by atoms with E-state index in [9.17, 15) is 14.4 Å². The van der Waals surface area contributed by atoms with E-state index in [2.05, 4.69) is 10.3 Å². The number of ether oxygens (including phenoxy) is 1. The summed E-state index contributed by atoms with van der Waals surface area (Å²) in [4.78, 5) is 43.0. The molecule has 2 aliphatic rings. The third-order valence-corrected chi connectivity index (χ3v) is 7.08. The number of esters is 1. The SMILES string of the molecule is C[C@@H]1CCCC[C@]12NC(=O)N(CC(=O)OCc1csc(-c3ccccc3Cl)n1)C2=O. The van der Waals surface area contributed by atoms with Gasteiger partial charge in [-0.2, -0.15) is 0 Å². The maximum atomic E-state index is 12.9. The fourth-order valence-electron chi connectivity index (χ4n) is 4.10. The molecule has 1 aromatic heterocycles. The molecule has 158 valence electrons. The fourth-order valence-corrected chi connectivity index (χ4v) is 5.22. The number of amides is 3. The molecule has 3 amide bonds. The van der Waals surface area contributed by atoms with Crippen LogP contribution in [0.4, 0.5) is 4.79 Å². The Hall–Kier alpha value is -2.45. The number of halogens is 1. The summed E-state index contributed by atoms with van der Waals surface area (Å²) >= 11 is 7.60. The van der Waals surface area contributed by atoms with Crippen molar-refractivity contribution in [3.63, 3.8) is 0 Å². The van der Waals surface area contributed by atoms with Crippen molar-refractivity contribution in [1.29, 1.82) is 0 Å². The predicted molar refractivity (Wildman–Crippen MR) is 113 cm³/mol. The van der Waals surface area contributed by atoms with Crippen LogP contribution in [0, 0.1) is 5.92 Å². The second-order valence-electron chi connectivity index (χ2n) is 7.72. The molecular weight excluding hydrogens is 426 g/mol. The van der Waals surface area contributed by atoms with Gasteiger partial charge in [-0.15, -0.1) is 11.3 Å². The van der Waals surface area contributed by atoms with Crippen molar-refractivity contribution in [1.82, 2.24) is 15.2 Å². The molecule has 1 saturated heterocycles. The summed E-state index contributed by atoms with van der Waals surface area (Å²) in [6, 6.07) is 6.85. The maximum Gasteiger partial charge on any atom is 0.326 e. The molecule has 2 fully saturated rings. The van der Waals surface area contributed by atoms with E-state index >= 15 is 0 Å². The molecular formula is C21H22ClN3O4S. The molecule has 2 atom stereocenters. The minimum Gasteiger partial charge on any atom is -0.458 e. The van der Waals surface area contributed by atoms with Crippen LogP contribution in [-0.4, -0.2) is 39.9 Å². The van der Waals surface area contributed by atoms with Gasteiger partial charge >= 0.3 is 12.0 Å². The monoisotopic (exact) mass is 447 g/mol. The molecule has 30 heavy (non-hydrogen) atoms. The lowest BCUT2D eigenvalue weighted by atomic mass is 9.73. The lowest BCUT2D eigenvalue weighted by Gasteiger charge is -2.36. The largest absolute Gasteiger partial charge is 0.458 e. The number of nitrogens with one attached hydrogen (secondary N) is 1. The third kappa shape index (κ3) is 3.81. The van der Waals surface area contributed by atoms with Crippen molar-refractivity contribution in [2.45, 2.75) is 44.8 Å². The van der Waals surface area contributed by atoms with Gasteiger partial charge in [-0.1, -0.05) is 49.6 Å². The zero-order chi connectivity index (χ0) is 21.3. The number of carbonyl (C=O) groups is 3. The van der Waals surface area contributed by atoms with Crippen molar-refractivity contribution in [3.05, 3.63) is 40.4 Å². The van der Waals surface area contributed by atoms with Crippen molar-refractivity contribution in [2.75, 3.05) is 6.54 Å². The Labute approximate surface area is 183 Å². The molecule has 0 radical (unpaired) electrons. The van der Waals surface area contributed by atoms with Crippen molar-refractivity contribution < 1.29 is 19.1 Å². The molecule has 1 spiro atoms. The number of urea groups is 1. The van der Waals surface area contributed by atoms with Crippen molar-refractivity contribution >= 4 is 40.8 Å². The van der Waals surface area contributed by atoms with E-state index in [1.807, 2.05) is 25.1 Å². The van der Waals surface area contributed by atoms with Crippen LogP contribution in [0.3, 0.4) is 0 Å². The smallest absolute Gasteiger partial charge is 0.326 e. The van der Waals surface area contributed by atoms with E-state index in [1.165, 1.54) is 11.3 Å². The topological polar surface area (TPSA) is 88.6 Å². The van der Waals surface area contributed by atoms with Crippen LogP contribution < -0.4 is 5.32 Å². The number of nitrogens with zero attached hydrogens (tertiary/aromatic N) is 2. The molecule has 2 aromatic rings. The predicted octanol–water partition coefficient (Wildman–Crippen LogP) is 4.01. The standard InChI is InChI=1S/C21H22ClN3O4S/c1-13-6-4-5-9-21(13)19(27)25(20(28)24-21)10-17(26)29-11-14-12-30-18(23-14)15-7-2-3-8-16(15)22/h2-3,7-8,12-13H,4-6,9-11H2,1H3,(H,24,28)/t13-,21+/m1/s1. The summed E-state index contributed by atoms with van der Waals surface area (Å²) in [5.41, 5.74) is 0.514. The second-order valence-corrected chi connectivity index (χ2v) is 8.99. The Morgan fingerprint density at radius 3 is 2.93 bits per heavy atom. The highest BCUT2D eigenvalue weighted by atomic mass is 35.5. The van der Waals surface area contributed by atoms with Gasteiger partial charge < -0.3 is 10.1 Å². The molecule has 1 aliphatic carbocycles. The van der Waals surface area contributed by atoms with Crippen LogP contribution in [0.25, 0.3) is 10.6 Å². The quantitative estimate of drug-likeness (QED) is 0.552. The van der Waals surface area contributed by atoms with Gasteiger partial charge in [0.25, 0.3) is 5.91 Å². The molecule has 4 rings (SSSR count). The van der Waals surface area contributed by atoms with Gasteiger partial charge in [0.15, 0.2) is 0 Å². The number of aromatic nitrogens is 1. The van der Waals surface area contributed by atoms with Crippen molar-refractivity contribution in [3.8, 4) is 10.6 Å². The van der Waals surface area contributed by atoms with Gasteiger partial charge in [-0.25, -0.2) is 9.78 Å². The summed E-state index contributed by atoms with van der Waals surface area (Å²) in [5.74, 6) is -0.931. The highest BCUT2D eigenvalue weighted by molar-refractivity contribution is 7.13. The first kappa shape index (κ1) is 20.8. The summed E-state index contributed by atoms with van der Waals surface area (Å²) in [5, 5.41) is 5.95. The number of benzene rings is 1. The Kier molecular flexibility index (Phi) is 5.79. The van der Waals surface area contributed by atoms with Gasteiger partial charge in [0.05, 0.1) is 10.7 Å². The first-order valence-electron chi connectivity index (χ1n) is 9.90. The summed E-state index contributed by atoms with van der Waals surface area (Å²) in [6.07, 6.45) is 3.40. The van der Waals surface area contributed by atoms with E-state index in [0.29, 0.717) is 17.1 Å². The van der Waals surface area contributed by atoms with Crippen LogP contribution in [-0.2, 0) is 20.9 Å². The summed E-state index contributed by atoms with van der Waals surface area (Å²) in [7, 11) is 0. The van der Waals surface area contributed by atoms with Gasteiger partial charge in [0, 0.05) is 10.9 Å². The van der Waals surface area contributed by atoms with Crippen LogP contribution in [0.2, 0.25) is 5.02 Å². The van der Waals surface area contributed by atoms with Gasteiger partial charge in [0.2, 0.25) is 0 Å². The molecule has 2 heterocycles. The Balaban J connectivity index is 1.36. The highest BCUT2D eigenvalue weighted by Crippen LogP contribution is 2.38. The van der Waals surface area contributed by atoms with Gasteiger partial charge in [0.1, 0.15) is 23.7 Å². The van der Waals surface area contributed by atoms with Gasteiger partial charge in [-0.05, 0) is 24.8 Å². The van der Waals surface area contributed by atoms with Crippen LogP contribution >= 0.6 is 22.9 Å². The number of carbonyl (C=O) groups excluding carboxylic acids is 3. The normalized spacial score (nSPS) is 23.7. The molecule has 7 nitrogen and oxygen atoms in total. The Bertz CT molecular complexity index is 994. The van der Waals surface area contributed by atoms with Gasteiger partial charge in [-0.3, -0.25) is 14.5 Å². The first-order chi connectivity index (χ1) is 14.4. The minimum absolute atomic E-state index is 0.0367. The molecule has 1 saturated carbocycles. The molecule has 1 aromatic carbocycles. The number of rotatable bonds is 5. The molecule has 1 aliphatic heterocycles. The molecule has 1 N–H and O–H groups in total. The lowest BCUT2D eigenvalue weighted by Crippen LogP contribution is -2.54. The van der Waals surface area contributed by atoms with E-state index in [1.54, 1.807) is 11.4 Å². The molecule has 0 unspecified atom stereocenters. The van der Waals surface area contributed by atoms with Crippen LogP contribution in [0.5, 0.6) is 0 Å². The van der Waals surface area contributed by atoms with E-state index in [-0.39, 0.29) is 18.4 Å². The number of hydrogen-bond donors (Lipinski definition) is 1. The average Bonchev–Trinajstić information content (AvgIpc) is 3.28. The van der Waals surface area contributed by atoms with Crippen LogP contribution in [0.15, 0.2) is 29.6 Å². The average molecular weight is 448 g/mol. The number of thiazole rings is 1. The number of hydrogen-bond acceptors (Lipinski definition) is 6. The summed E-state index contributed by atoms with van der Waals surface area (Å²) < 4.78 is 5.27. The number of imide groups is 1.